The van der Waals surface area contributed by atoms with Crippen molar-refractivity contribution in [2.75, 3.05) is 5.73 Å². The fourth-order valence-corrected chi connectivity index (χ4v) is 3.45. The van der Waals surface area contributed by atoms with E-state index in [1.54, 1.807) is 6.20 Å². The lowest BCUT2D eigenvalue weighted by molar-refractivity contribution is 1.07. The van der Waals surface area contributed by atoms with Gasteiger partial charge in [-0.3, -0.25) is 4.57 Å². The zero-order valence-electron chi connectivity index (χ0n) is 15.9. The second kappa shape index (κ2) is 6.87. The largest absolute Gasteiger partial charge is 0.383 e. The summed E-state index contributed by atoms with van der Waals surface area (Å²) in [6, 6.07) is 26.3. The lowest BCUT2D eigenvalue weighted by atomic mass is 10.1. The lowest BCUT2D eigenvalue weighted by Gasteiger charge is -2.11. The maximum absolute atomic E-state index is 6.18. The summed E-state index contributed by atoms with van der Waals surface area (Å²) in [7, 11) is 0. The zero-order chi connectivity index (χ0) is 19.8. The van der Waals surface area contributed by atoms with Crippen molar-refractivity contribution in [1.29, 1.82) is 0 Å². The summed E-state index contributed by atoms with van der Waals surface area (Å²) in [5, 5.41) is 0. The van der Waals surface area contributed by atoms with Crippen molar-refractivity contribution in [3.05, 3.63) is 90.6 Å². The van der Waals surface area contributed by atoms with Crippen LogP contribution in [0.15, 0.2) is 85.1 Å². The van der Waals surface area contributed by atoms with Gasteiger partial charge in [0.15, 0.2) is 11.5 Å². The topological polar surface area (TPSA) is 69.6 Å². The number of rotatable bonds is 3. The van der Waals surface area contributed by atoms with Crippen LogP contribution >= 0.6 is 0 Å². The standard InChI is InChI=1S/C24H19N5/c1-16-9-11-18(12-10-16)29-23(19-8-5-15-26-22(19)25)28-21-14-13-20(27-24(21)29)17-6-3-2-4-7-17/h2-15H,1H3,(H2,25,26). The number of nitrogens with two attached hydrogens (primary N) is 1. The number of nitrogen functional groups attached to an aromatic ring is 1. The van der Waals surface area contributed by atoms with Crippen molar-refractivity contribution >= 4 is 17.0 Å². The number of anilines is 1. The third-order valence-electron chi connectivity index (χ3n) is 4.95. The Morgan fingerprint density at radius 2 is 1.59 bits per heavy atom. The van der Waals surface area contributed by atoms with Crippen LogP contribution in [0.1, 0.15) is 5.56 Å². The van der Waals surface area contributed by atoms with Gasteiger partial charge in [-0.25, -0.2) is 15.0 Å². The van der Waals surface area contributed by atoms with Crippen LogP contribution in [0.3, 0.4) is 0 Å². The van der Waals surface area contributed by atoms with E-state index in [4.69, 9.17) is 15.7 Å². The van der Waals surface area contributed by atoms with E-state index in [0.717, 1.165) is 39.5 Å². The smallest absolute Gasteiger partial charge is 0.165 e. The number of nitrogens with zero attached hydrogens (tertiary/aromatic N) is 4. The van der Waals surface area contributed by atoms with Gasteiger partial charge in [-0.15, -0.1) is 0 Å². The van der Waals surface area contributed by atoms with Crippen LogP contribution in [-0.4, -0.2) is 19.5 Å². The number of aryl methyl sites for hydroxylation is 1. The number of fused-ring (bicyclic) bond motifs is 1. The Balaban J connectivity index is 1.81. The lowest BCUT2D eigenvalue weighted by Crippen LogP contribution is -2.02. The minimum absolute atomic E-state index is 0.444. The average molecular weight is 377 g/mol. The van der Waals surface area contributed by atoms with E-state index in [1.807, 2.05) is 42.5 Å². The molecule has 3 heterocycles. The molecule has 0 unspecified atom stereocenters. The van der Waals surface area contributed by atoms with Crippen molar-refractivity contribution in [3.63, 3.8) is 0 Å². The highest BCUT2D eigenvalue weighted by Gasteiger charge is 2.18. The molecule has 0 amide bonds. The van der Waals surface area contributed by atoms with Crippen LogP contribution in [0.2, 0.25) is 0 Å². The predicted molar refractivity (Wildman–Crippen MR) is 117 cm³/mol. The van der Waals surface area contributed by atoms with Gasteiger partial charge >= 0.3 is 0 Å². The molecule has 0 bridgehead atoms. The summed E-state index contributed by atoms with van der Waals surface area (Å²) in [5.74, 6) is 1.17. The molecule has 3 aromatic heterocycles. The van der Waals surface area contributed by atoms with Gasteiger partial charge in [-0.05, 0) is 43.3 Å². The van der Waals surface area contributed by atoms with E-state index < -0.39 is 0 Å². The Labute approximate surface area is 168 Å². The molecule has 0 aliphatic carbocycles. The SMILES string of the molecule is Cc1ccc(-n2c(-c3cccnc3N)nc3ccc(-c4ccccc4)nc32)cc1. The molecule has 0 radical (unpaired) electrons. The van der Waals surface area contributed by atoms with Crippen molar-refractivity contribution in [1.82, 2.24) is 19.5 Å². The van der Waals surface area contributed by atoms with E-state index in [-0.39, 0.29) is 0 Å². The Hall–Kier alpha value is -3.99. The molecular weight excluding hydrogens is 358 g/mol. The van der Waals surface area contributed by atoms with Crippen molar-refractivity contribution < 1.29 is 0 Å². The molecule has 0 aliphatic rings. The second-order valence-corrected chi connectivity index (χ2v) is 6.95. The van der Waals surface area contributed by atoms with E-state index in [2.05, 4.69) is 52.9 Å². The van der Waals surface area contributed by atoms with E-state index in [9.17, 15) is 0 Å². The summed E-state index contributed by atoms with van der Waals surface area (Å²) >= 11 is 0. The Morgan fingerprint density at radius 1 is 0.793 bits per heavy atom. The molecule has 0 aliphatic heterocycles. The molecule has 5 aromatic rings. The summed E-state index contributed by atoms with van der Waals surface area (Å²) in [5.41, 5.74) is 12.7. The van der Waals surface area contributed by atoms with Gasteiger partial charge in [0.2, 0.25) is 0 Å². The highest BCUT2D eigenvalue weighted by atomic mass is 15.1. The molecule has 2 N–H and O–H groups in total. The predicted octanol–water partition coefficient (Wildman–Crippen LogP) is 5.04. The number of hydrogen-bond donors (Lipinski definition) is 1. The number of hydrogen-bond acceptors (Lipinski definition) is 4. The number of imidazole rings is 1. The summed E-state index contributed by atoms with van der Waals surface area (Å²) < 4.78 is 2.05. The zero-order valence-corrected chi connectivity index (χ0v) is 15.9. The quantitative estimate of drug-likeness (QED) is 0.478. The van der Waals surface area contributed by atoms with Crippen LogP contribution in [0, 0.1) is 6.92 Å². The van der Waals surface area contributed by atoms with E-state index >= 15 is 0 Å². The average Bonchev–Trinajstić information content (AvgIpc) is 3.14. The van der Waals surface area contributed by atoms with Gasteiger partial charge in [0, 0.05) is 17.4 Å². The fourth-order valence-electron chi connectivity index (χ4n) is 3.45. The number of aromatic nitrogens is 4. The highest BCUT2D eigenvalue weighted by Crippen LogP contribution is 2.31. The second-order valence-electron chi connectivity index (χ2n) is 6.95. The van der Waals surface area contributed by atoms with Crippen LogP contribution in [0.5, 0.6) is 0 Å². The maximum atomic E-state index is 6.18. The fraction of sp³-hybridized carbons (Fsp3) is 0.0417. The third-order valence-corrected chi connectivity index (χ3v) is 4.95. The number of pyridine rings is 2. The van der Waals surface area contributed by atoms with Gasteiger partial charge in [0.25, 0.3) is 0 Å². The Morgan fingerprint density at radius 3 is 2.34 bits per heavy atom. The van der Waals surface area contributed by atoms with Crippen molar-refractivity contribution in [3.8, 4) is 28.3 Å². The molecule has 5 heteroatoms. The molecule has 5 nitrogen and oxygen atoms in total. The van der Waals surface area contributed by atoms with Gasteiger partial charge in [-0.1, -0.05) is 48.0 Å². The monoisotopic (exact) mass is 377 g/mol. The molecular formula is C24H19N5. The van der Waals surface area contributed by atoms with Crippen molar-refractivity contribution in [2.45, 2.75) is 6.92 Å². The molecule has 5 rings (SSSR count). The molecule has 140 valence electrons. The van der Waals surface area contributed by atoms with Crippen LogP contribution in [0.4, 0.5) is 5.82 Å². The Kier molecular flexibility index (Phi) is 4.06. The first-order chi connectivity index (χ1) is 14.2. The van der Waals surface area contributed by atoms with Gasteiger partial charge in [-0.2, -0.15) is 0 Å². The first kappa shape index (κ1) is 17.1. The molecule has 0 saturated heterocycles. The molecule has 0 atom stereocenters. The van der Waals surface area contributed by atoms with Crippen LogP contribution < -0.4 is 5.73 Å². The van der Waals surface area contributed by atoms with E-state index in [1.165, 1.54) is 5.56 Å². The summed E-state index contributed by atoms with van der Waals surface area (Å²) in [4.78, 5) is 14.1. The molecule has 2 aromatic carbocycles. The van der Waals surface area contributed by atoms with E-state index in [0.29, 0.717) is 5.82 Å². The minimum atomic E-state index is 0.444. The first-order valence-corrected chi connectivity index (χ1v) is 9.43. The van der Waals surface area contributed by atoms with Crippen LogP contribution in [-0.2, 0) is 0 Å². The van der Waals surface area contributed by atoms with Gasteiger partial charge in [0.05, 0.1) is 11.3 Å². The van der Waals surface area contributed by atoms with Gasteiger partial charge in [0.1, 0.15) is 11.3 Å². The Bertz CT molecular complexity index is 1300. The first-order valence-electron chi connectivity index (χ1n) is 9.43. The minimum Gasteiger partial charge on any atom is -0.383 e. The van der Waals surface area contributed by atoms with Crippen molar-refractivity contribution in [2.24, 2.45) is 0 Å². The normalized spacial score (nSPS) is 11.1. The number of benzene rings is 2. The summed E-state index contributed by atoms with van der Waals surface area (Å²) in [6.45, 7) is 2.07. The summed E-state index contributed by atoms with van der Waals surface area (Å²) in [6.07, 6.45) is 1.68. The molecule has 0 fully saturated rings. The molecule has 0 saturated carbocycles. The highest BCUT2D eigenvalue weighted by molar-refractivity contribution is 5.84. The van der Waals surface area contributed by atoms with Gasteiger partial charge < -0.3 is 5.73 Å². The molecule has 0 spiro atoms. The third kappa shape index (κ3) is 3.02. The maximum Gasteiger partial charge on any atom is 0.165 e. The van der Waals surface area contributed by atoms with Crippen LogP contribution in [0.25, 0.3) is 39.5 Å². The molecule has 29 heavy (non-hydrogen) atoms.